The lowest BCUT2D eigenvalue weighted by Crippen LogP contribution is -2.44. The van der Waals surface area contributed by atoms with Crippen LogP contribution in [0.25, 0.3) is 0 Å². The van der Waals surface area contributed by atoms with Crippen molar-refractivity contribution in [2.24, 2.45) is 0 Å². The van der Waals surface area contributed by atoms with Gasteiger partial charge in [-0.1, -0.05) is 25.4 Å². The fourth-order valence-corrected chi connectivity index (χ4v) is 2.34. The van der Waals surface area contributed by atoms with Gasteiger partial charge in [-0.15, -0.1) is 0 Å². The maximum absolute atomic E-state index is 6.15. The van der Waals surface area contributed by atoms with Crippen molar-refractivity contribution in [1.29, 1.82) is 0 Å². The maximum Gasteiger partial charge on any atom is 0.138 e. The number of anilines is 1. The van der Waals surface area contributed by atoms with Gasteiger partial charge in [0.25, 0.3) is 0 Å². The van der Waals surface area contributed by atoms with Gasteiger partial charge in [-0.2, -0.15) is 0 Å². The molecule has 4 nitrogen and oxygen atoms in total. The van der Waals surface area contributed by atoms with E-state index >= 15 is 0 Å². The van der Waals surface area contributed by atoms with E-state index in [9.17, 15) is 0 Å². The summed E-state index contributed by atoms with van der Waals surface area (Å²) in [4.78, 5) is 10.7. The fraction of sp³-hybridized carbons (Fsp3) is 0.636. The van der Waals surface area contributed by atoms with Crippen molar-refractivity contribution < 1.29 is 0 Å². The predicted octanol–water partition coefficient (Wildman–Crippen LogP) is 1.66. The minimum atomic E-state index is 0.346. The SMILES string of the molecule is CC(C)c1c(Cl)ncnc1N1CCNCC1. The van der Waals surface area contributed by atoms with Gasteiger partial charge in [-0.25, -0.2) is 9.97 Å². The lowest BCUT2D eigenvalue weighted by atomic mass is 10.1. The lowest BCUT2D eigenvalue weighted by Gasteiger charge is -2.30. The highest BCUT2D eigenvalue weighted by atomic mass is 35.5. The van der Waals surface area contributed by atoms with Gasteiger partial charge in [0.2, 0.25) is 0 Å². The summed E-state index contributed by atoms with van der Waals surface area (Å²) in [6, 6.07) is 0. The molecule has 5 heteroatoms. The average molecular weight is 241 g/mol. The summed E-state index contributed by atoms with van der Waals surface area (Å²) in [5.74, 6) is 1.34. The zero-order valence-corrected chi connectivity index (χ0v) is 10.5. The zero-order chi connectivity index (χ0) is 11.5. The van der Waals surface area contributed by atoms with Crippen LogP contribution in [0.1, 0.15) is 25.3 Å². The van der Waals surface area contributed by atoms with Crippen LogP contribution in [0.15, 0.2) is 6.33 Å². The Labute approximate surface area is 101 Å². The van der Waals surface area contributed by atoms with Crippen molar-refractivity contribution in [2.75, 3.05) is 31.1 Å². The molecule has 16 heavy (non-hydrogen) atoms. The quantitative estimate of drug-likeness (QED) is 0.799. The second-order valence-electron chi connectivity index (χ2n) is 4.29. The molecule has 0 bridgehead atoms. The van der Waals surface area contributed by atoms with Gasteiger partial charge in [0.1, 0.15) is 17.3 Å². The predicted molar refractivity (Wildman–Crippen MR) is 66.2 cm³/mol. The minimum absolute atomic E-state index is 0.346. The number of piperazine rings is 1. The summed E-state index contributed by atoms with van der Waals surface area (Å²) < 4.78 is 0. The molecule has 0 aliphatic carbocycles. The Morgan fingerprint density at radius 2 is 2.00 bits per heavy atom. The minimum Gasteiger partial charge on any atom is -0.354 e. The first-order chi connectivity index (χ1) is 7.70. The van der Waals surface area contributed by atoms with Crippen LogP contribution in [0, 0.1) is 0 Å². The molecule has 1 N–H and O–H groups in total. The largest absolute Gasteiger partial charge is 0.354 e. The van der Waals surface area contributed by atoms with Gasteiger partial charge >= 0.3 is 0 Å². The number of nitrogens with one attached hydrogen (secondary N) is 1. The van der Waals surface area contributed by atoms with Crippen molar-refractivity contribution in [3.8, 4) is 0 Å². The standard InChI is InChI=1S/C11H17ClN4/c1-8(2)9-10(12)14-7-15-11(9)16-5-3-13-4-6-16/h7-8,13H,3-6H2,1-2H3. The Bertz CT molecular complexity index is 361. The van der Waals surface area contributed by atoms with Crippen LogP contribution in [0.5, 0.6) is 0 Å². The Morgan fingerprint density at radius 3 is 2.62 bits per heavy atom. The first-order valence-corrected chi connectivity index (χ1v) is 6.04. The highest BCUT2D eigenvalue weighted by Gasteiger charge is 2.19. The van der Waals surface area contributed by atoms with Crippen LogP contribution < -0.4 is 10.2 Å². The smallest absolute Gasteiger partial charge is 0.138 e. The van der Waals surface area contributed by atoms with Gasteiger partial charge in [0, 0.05) is 31.7 Å². The molecule has 0 amide bonds. The molecular weight excluding hydrogens is 224 g/mol. The molecule has 88 valence electrons. The molecule has 1 aromatic heterocycles. The molecular formula is C11H17ClN4. The number of aromatic nitrogens is 2. The summed E-state index contributed by atoms with van der Waals surface area (Å²) >= 11 is 6.15. The summed E-state index contributed by atoms with van der Waals surface area (Å²) in [7, 11) is 0. The van der Waals surface area contributed by atoms with Gasteiger partial charge in [0.15, 0.2) is 0 Å². The van der Waals surface area contributed by atoms with E-state index in [0.29, 0.717) is 11.1 Å². The van der Waals surface area contributed by atoms with E-state index < -0.39 is 0 Å². The molecule has 0 spiro atoms. The molecule has 0 atom stereocenters. The van der Waals surface area contributed by atoms with E-state index in [-0.39, 0.29) is 0 Å². The van der Waals surface area contributed by atoms with Crippen LogP contribution in [0.4, 0.5) is 5.82 Å². The van der Waals surface area contributed by atoms with Crippen molar-refractivity contribution in [3.05, 3.63) is 17.0 Å². The van der Waals surface area contributed by atoms with E-state index in [2.05, 4.69) is 34.0 Å². The Kier molecular flexibility index (Phi) is 3.61. The second-order valence-corrected chi connectivity index (χ2v) is 4.65. The molecule has 1 aliphatic heterocycles. The van der Waals surface area contributed by atoms with Crippen LogP contribution in [0.2, 0.25) is 5.15 Å². The lowest BCUT2D eigenvalue weighted by molar-refractivity contribution is 0.581. The zero-order valence-electron chi connectivity index (χ0n) is 9.70. The molecule has 1 saturated heterocycles. The van der Waals surface area contributed by atoms with E-state index in [1.165, 1.54) is 0 Å². The van der Waals surface area contributed by atoms with Crippen LogP contribution in [-0.2, 0) is 0 Å². The molecule has 1 aromatic rings. The third-order valence-electron chi connectivity index (χ3n) is 2.81. The molecule has 1 fully saturated rings. The molecule has 0 aromatic carbocycles. The van der Waals surface area contributed by atoms with Crippen molar-refractivity contribution in [1.82, 2.24) is 15.3 Å². The van der Waals surface area contributed by atoms with E-state index in [0.717, 1.165) is 37.6 Å². The van der Waals surface area contributed by atoms with Crippen molar-refractivity contribution >= 4 is 17.4 Å². The average Bonchev–Trinajstić information content (AvgIpc) is 2.29. The molecule has 2 heterocycles. The highest BCUT2D eigenvalue weighted by molar-refractivity contribution is 6.30. The fourth-order valence-electron chi connectivity index (χ4n) is 1.99. The third kappa shape index (κ3) is 2.28. The molecule has 2 rings (SSSR count). The summed E-state index contributed by atoms with van der Waals surface area (Å²) in [5, 5.41) is 3.91. The third-order valence-corrected chi connectivity index (χ3v) is 3.11. The van der Waals surface area contributed by atoms with E-state index in [4.69, 9.17) is 11.6 Å². The number of nitrogens with zero attached hydrogens (tertiary/aromatic N) is 3. The molecule has 1 aliphatic rings. The number of rotatable bonds is 2. The summed E-state index contributed by atoms with van der Waals surface area (Å²) in [6.45, 7) is 8.20. The van der Waals surface area contributed by atoms with Crippen LogP contribution in [0.3, 0.4) is 0 Å². The monoisotopic (exact) mass is 240 g/mol. The Balaban J connectivity index is 2.34. The molecule has 0 unspecified atom stereocenters. The first kappa shape index (κ1) is 11.6. The molecule has 0 saturated carbocycles. The van der Waals surface area contributed by atoms with Crippen molar-refractivity contribution in [2.45, 2.75) is 19.8 Å². The Morgan fingerprint density at radius 1 is 1.31 bits per heavy atom. The molecule has 0 radical (unpaired) electrons. The topological polar surface area (TPSA) is 41.1 Å². The summed E-state index contributed by atoms with van der Waals surface area (Å²) in [6.07, 6.45) is 1.55. The number of halogens is 1. The van der Waals surface area contributed by atoms with Crippen LogP contribution >= 0.6 is 11.6 Å². The Hall–Kier alpha value is -0.870. The number of hydrogen-bond donors (Lipinski definition) is 1. The van der Waals surface area contributed by atoms with E-state index in [1.807, 2.05) is 0 Å². The van der Waals surface area contributed by atoms with Crippen LogP contribution in [-0.4, -0.2) is 36.1 Å². The van der Waals surface area contributed by atoms with E-state index in [1.54, 1.807) is 6.33 Å². The van der Waals surface area contributed by atoms with Gasteiger partial charge in [-0.05, 0) is 5.92 Å². The summed E-state index contributed by atoms with van der Waals surface area (Å²) in [5.41, 5.74) is 1.06. The first-order valence-electron chi connectivity index (χ1n) is 5.66. The van der Waals surface area contributed by atoms with Crippen molar-refractivity contribution in [3.63, 3.8) is 0 Å². The normalized spacial score (nSPS) is 16.9. The highest BCUT2D eigenvalue weighted by Crippen LogP contribution is 2.30. The maximum atomic E-state index is 6.15. The van der Waals surface area contributed by atoms with Gasteiger partial charge in [0.05, 0.1) is 0 Å². The second kappa shape index (κ2) is 4.97. The van der Waals surface area contributed by atoms with Gasteiger partial charge in [-0.3, -0.25) is 0 Å². The van der Waals surface area contributed by atoms with Gasteiger partial charge < -0.3 is 10.2 Å². The number of hydrogen-bond acceptors (Lipinski definition) is 4.